The second-order valence-electron chi connectivity index (χ2n) is 7.27. The third-order valence-corrected chi connectivity index (χ3v) is 6.34. The molecular weight excluding hydrogens is 366 g/mol. The highest BCUT2D eigenvalue weighted by Gasteiger charge is 2.40. The van der Waals surface area contributed by atoms with Gasteiger partial charge in [0.1, 0.15) is 10.7 Å². The summed E-state index contributed by atoms with van der Waals surface area (Å²) in [5.41, 5.74) is 1.04. The first-order chi connectivity index (χ1) is 12.1. The number of Topliss-reactive ketones (excluding diaryl/α,β-unsaturated/α-hetero) is 2. The summed E-state index contributed by atoms with van der Waals surface area (Å²) in [5.74, 6) is -0.420. The van der Waals surface area contributed by atoms with Gasteiger partial charge in [-0.3, -0.25) is 14.9 Å². The van der Waals surface area contributed by atoms with Crippen LogP contribution in [0, 0.1) is 11.8 Å². The number of carbonyl (C=O) groups excluding carboxylic acids is 2. The van der Waals surface area contributed by atoms with Crippen LogP contribution < -0.4 is 5.32 Å². The van der Waals surface area contributed by atoms with E-state index in [2.05, 4.69) is 17.9 Å². The third kappa shape index (κ3) is 5.84. The Morgan fingerprint density at radius 1 is 1.19 bits per heavy atom. The molecule has 4 nitrogen and oxygen atoms in total. The number of thiol groups is 2. The van der Waals surface area contributed by atoms with Crippen molar-refractivity contribution in [2.24, 2.45) is 11.8 Å². The second-order valence-corrected chi connectivity index (χ2v) is 8.89. The van der Waals surface area contributed by atoms with Crippen LogP contribution in [0.15, 0.2) is 30.3 Å². The minimum Gasteiger partial charge on any atom is -0.393 e. The van der Waals surface area contributed by atoms with Gasteiger partial charge in [0.2, 0.25) is 0 Å². The summed E-state index contributed by atoms with van der Waals surface area (Å²) in [5, 5.41) is 12.4. The van der Waals surface area contributed by atoms with Crippen LogP contribution in [0.5, 0.6) is 0 Å². The van der Waals surface area contributed by atoms with Crippen LogP contribution >= 0.6 is 25.3 Å². The Bertz CT molecular complexity index is 602. The Labute approximate surface area is 168 Å². The molecule has 3 atom stereocenters. The molecule has 0 aromatic heterocycles. The first-order valence-corrected chi connectivity index (χ1v) is 9.83. The number of carbonyl (C=O) groups is 2. The van der Waals surface area contributed by atoms with Crippen molar-refractivity contribution in [1.29, 1.82) is 0 Å². The Kier molecular flexibility index (Phi) is 8.86. The van der Waals surface area contributed by atoms with Crippen LogP contribution in [-0.2, 0) is 16.0 Å². The monoisotopic (exact) mass is 397 g/mol. The van der Waals surface area contributed by atoms with Crippen LogP contribution in [-0.4, -0.2) is 39.9 Å². The van der Waals surface area contributed by atoms with E-state index in [0.717, 1.165) is 5.56 Å². The van der Waals surface area contributed by atoms with Crippen LogP contribution in [0.2, 0.25) is 0 Å². The molecule has 0 aliphatic rings. The highest BCUT2D eigenvalue weighted by molar-refractivity contribution is 7.83. The number of benzene rings is 1. The maximum absolute atomic E-state index is 12.9. The molecule has 146 valence electrons. The van der Waals surface area contributed by atoms with Crippen LogP contribution in [0.25, 0.3) is 0 Å². The van der Waals surface area contributed by atoms with E-state index >= 15 is 0 Å². The number of hydrogen-bond acceptors (Lipinski definition) is 6. The van der Waals surface area contributed by atoms with Gasteiger partial charge in [-0.25, -0.2) is 0 Å². The van der Waals surface area contributed by atoms with Gasteiger partial charge >= 0.3 is 0 Å². The fraction of sp³-hybridized carbons (Fsp3) is 0.600. The van der Waals surface area contributed by atoms with Gasteiger partial charge in [0.25, 0.3) is 0 Å². The number of hydrogen-bond donors (Lipinski definition) is 4. The molecule has 6 heteroatoms. The summed E-state index contributed by atoms with van der Waals surface area (Å²) in [6.07, 6.45) is 1.51. The van der Waals surface area contributed by atoms with Crippen molar-refractivity contribution in [2.45, 2.75) is 49.7 Å². The summed E-state index contributed by atoms with van der Waals surface area (Å²) in [6.45, 7) is 5.09. The molecule has 0 heterocycles. The summed E-state index contributed by atoms with van der Waals surface area (Å²) in [7, 11) is 1.60. The number of aliphatic hydroxyl groups excluding tert-OH is 1. The lowest BCUT2D eigenvalue weighted by atomic mass is 9.80. The lowest BCUT2D eigenvalue weighted by molar-refractivity contribution is -0.129. The molecule has 1 unspecified atom stereocenters. The van der Waals surface area contributed by atoms with Gasteiger partial charge in [0.15, 0.2) is 5.78 Å². The summed E-state index contributed by atoms with van der Waals surface area (Å²) in [4.78, 5) is 23.9. The summed E-state index contributed by atoms with van der Waals surface area (Å²) < 4.78 is -0.826. The first-order valence-electron chi connectivity index (χ1n) is 8.93. The Morgan fingerprint density at radius 3 is 2.19 bits per heavy atom. The minimum atomic E-state index is -1.27. The van der Waals surface area contributed by atoms with E-state index in [-0.39, 0.29) is 23.4 Å². The normalized spacial score (nSPS) is 17.4. The zero-order valence-electron chi connectivity index (χ0n) is 16.0. The molecule has 26 heavy (non-hydrogen) atoms. The zero-order chi connectivity index (χ0) is 20.0. The van der Waals surface area contributed by atoms with E-state index in [1.54, 1.807) is 14.0 Å². The molecule has 1 rings (SSSR count). The van der Waals surface area contributed by atoms with E-state index in [9.17, 15) is 14.7 Å². The lowest BCUT2D eigenvalue weighted by Gasteiger charge is -2.33. The highest BCUT2D eigenvalue weighted by atomic mass is 32.1. The molecule has 1 aromatic carbocycles. The van der Waals surface area contributed by atoms with Gasteiger partial charge in [0, 0.05) is 5.92 Å². The van der Waals surface area contributed by atoms with E-state index in [1.165, 1.54) is 0 Å². The van der Waals surface area contributed by atoms with Gasteiger partial charge in [-0.15, -0.1) is 12.6 Å². The smallest absolute Gasteiger partial charge is 0.168 e. The molecule has 0 fully saturated rings. The SMILES string of the molecule is CN[C@](S)(CO)C(=O)C(CC[C@](S)(Cc1ccccc1)C(C)=O)C(C)C. The second kappa shape index (κ2) is 9.93. The van der Waals surface area contributed by atoms with Crippen molar-refractivity contribution in [1.82, 2.24) is 5.32 Å². The Hall–Kier alpha value is -0.820. The number of nitrogens with one attached hydrogen (secondary N) is 1. The van der Waals surface area contributed by atoms with Crippen molar-refractivity contribution in [3.05, 3.63) is 35.9 Å². The minimum absolute atomic E-state index is 0.00690. The molecular formula is C20H31NO3S2. The van der Waals surface area contributed by atoms with Gasteiger partial charge in [0.05, 0.1) is 11.4 Å². The largest absolute Gasteiger partial charge is 0.393 e. The van der Waals surface area contributed by atoms with E-state index in [4.69, 9.17) is 12.6 Å². The molecule has 0 bridgehead atoms. The molecule has 0 aliphatic heterocycles. The predicted octanol–water partition coefficient (Wildman–Crippen LogP) is 2.95. The van der Waals surface area contributed by atoms with E-state index in [1.807, 2.05) is 44.2 Å². The zero-order valence-corrected chi connectivity index (χ0v) is 17.8. The number of aliphatic hydroxyl groups is 1. The molecule has 0 saturated heterocycles. The number of rotatable bonds is 11. The van der Waals surface area contributed by atoms with Crippen molar-refractivity contribution >= 4 is 36.8 Å². The van der Waals surface area contributed by atoms with Crippen molar-refractivity contribution < 1.29 is 14.7 Å². The molecule has 0 amide bonds. The standard InChI is InChI=1S/C20H31NO3S2/c1-14(2)17(18(24)20(26,13-22)21-4)10-11-19(25,15(3)23)12-16-8-6-5-7-9-16/h5-9,14,17,21-22,25-26H,10-13H2,1-4H3/t17?,19-,20-/m0/s1. The molecule has 1 aromatic rings. The van der Waals surface area contributed by atoms with Crippen LogP contribution in [0.4, 0.5) is 0 Å². The van der Waals surface area contributed by atoms with E-state index in [0.29, 0.717) is 19.3 Å². The van der Waals surface area contributed by atoms with Gasteiger partial charge < -0.3 is 5.11 Å². The lowest BCUT2D eigenvalue weighted by Crippen LogP contribution is -2.52. The number of likely N-dealkylation sites (N-methyl/N-ethyl adjacent to an activating group) is 1. The van der Waals surface area contributed by atoms with Crippen LogP contribution in [0.1, 0.15) is 39.2 Å². The summed E-state index contributed by atoms with van der Waals surface area (Å²) >= 11 is 9.05. The number of ketones is 2. The quantitative estimate of drug-likeness (QED) is 0.342. The molecule has 0 spiro atoms. The van der Waals surface area contributed by atoms with Gasteiger partial charge in [-0.1, -0.05) is 44.2 Å². The third-order valence-electron chi connectivity index (χ3n) is 5.06. The highest BCUT2D eigenvalue weighted by Crippen LogP contribution is 2.33. The van der Waals surface area contributed by atoms with Crippen molar-refractivity contribution in [3.8, 4) is 0 Å². The average molecular weight is 398 g/mol. The van der Waals surface area contributed by atoms with Crippen LogP contribution in [0.3, 0.4) is 0 Å². The summed E-state index contributed by atoms with van der Waals surface area (Å²) in [6, 6.07) is 9.76. The average Bonchev–Trinajstić information content (AvgIpc) is 2.61. The molecule has 2 N–H and O–H groups in total. The fourth-order valence-electron chi connectivity index (χ4n) is 3.07. The molecule has 0 saturated carbocycles. The van der Waals surface area contributed by atoms with Gasteiger partial charge in [-0.05, 0) is 44.7 Å². The van der Waals surface area contributed by atoms with Gasteiger partial charge in [-0.2, -0.15) is 12.6 Å². The van der Waals surface area contributed by atoms with Crippen molar-refractivity contribution in [2.75, 3.05) is 13.7 Å². The first kappa shape index (κ1) is 23.2. The Balaban J connectivity index is 2.97. The maximum Gasteiger partial charge on any atom is 0.168 e. The molecule has 0 radical (unpaired) electrons. The Morgan fingerprint density at radius 2 is 1.77 bits per heavy atom. The fourth-order valence-corrected chi connectivity index (χ4v) is 3.55. The molecule has 0 aliphatic carbocycles. The predicted molar refractivity (Wildman–Crippen MR) is 113 cm³/mol. The van der Waals surface area contributed by atoms with Crippen molar-refractivity contribution in [3.63, 3.8) is 0 Å². The maximum atomic E-state index is 12.9. The van der Waals surface area contributed by atoms with E-state index < -0.39 is 16.2 Å². The topological polar surface area (TPSA) is 66.4 Å².